The number of amides is 1. The van der Waals surface area contributed by atoms with Crippen LogP contribution in [-0.2, 0) is 11.3 Å². The van der Waals surface area contributed by atoms with Gasteiger partial charge in [-0.2, -0.15) is 5.10 Å². The predicted octanol–water partition coefficient (Wildman–Crippen LogP) is 2.49. The van der Waals surface area contributed by atoms with Gasteiger partial charge in [0.25, 0.3) is 5.56 Å². The van der Waals surface area contributed by atoms with E-state index in [-0.39, 0.29) is 11.5 Å². The minimum atomic E-state index is -0.0919. The van der Waals surface area contributed by atoms with Gasteiger partial charge in [0.15, 0.2) is 5.82 Å². The van der Waals surface area contributed by atoms with Crippen LogP contribution in [0.25, 0.3) is 5.82 Å². The summed E-state index contributed by atoms with van der Waals surface area (Å²) in [4.78, 5) is 27.1. The summed E-state index contributed by atoms with van der Waals surface area (Å²) in [6, 6.07) is 5.07. The Balaban J connectivity index is 1.34. The molecule has 3 heterocycles. The molecular weight excluding hydrogens is 354 g/mol. The number of piperidine rings is 1. The number of nitrogens with zero attached hydrogens (tertiary/aromatic N) is 5. The van der Waals surface area contributed by atoms with Crippen molar-refractivity contribution in [1.82, 2.24) is 24.5 Å². The van der Waals surface area contributed by atoms with Gasteiger partial charge in [0.2, 0.25) is 5.91 Å². The molecule has 2 aliphatic rings. The third kappa shape index (κ3) is 4.18. The molecule has 1 aliphatic heterocycles. The zero-order chi connectivity index (χ0) is 19.5. The zero-order valence-electron chi connectivity index (χ0n) is 16.5. The van der Waals surface area contributed by atoms with E-state index in [4.69, 9.17) is 0 Å². The zero-order valence-corrected chi connectivity index (χ0v) is 16.5. The van der Waals surface area contributed by atoms with Crippen molar-refractivity contribution >= 4 is 5.91 Å². The van der Waals surface area contributed by atoms with Crippen molar-refractivity contribution in [2.75, 3.05) is 13.1 Å². The van der Waals surface area contributed by atoms with E-state index in [2.05, 4.69) is 17.1 Å². The van der Waals surface area contributed by atoms with Crippen molar-refractivity contribution in [3.63, 3.8) is 0 Å². The summed E-state index contributed by atoms with van der Waals surface area (Å²) in [6.07, 6.45) is 9.79. The van der Waals surface area contributed by atoms with E-state index in [0.29, 0.717) is 24.2 Å². The monoisotopic (exact) mass is 383 g/mol. The summed E-state index contributed by atoms with van der Waals surface area (Å²) in [6.45, 7) is 4.47. The number of hydrogen-bond acceptors (Lipinski definition) is 4. The van der Waals surface area contributed by atoms with Gasteiger partial charge in [0.05, 0.1) is 0 Å². The SMILES string of the molecule is CC1CCC(C(=O)N2CCC(Cn3nc(-n4cccn4)ccc3=O)CC2)CC1. The molecule has 0 aromatic carbocycles. The Kier molecular flexibility index (Phi) is 5.59. The summed E-state index contributed by atoms with van der Waals surface area (Å²) in [7, 11) is 0. The lowest BCUT2D eigenvalue weighted by Gasteiger charge is -2.36. The maximum absolute atomic E-state index is 12.8. The van der Waals surface area contributed by atoms with E-state index in [1.165, 1.54) is 12.8 Å². The first-order valence-electron chi connectivity index (χ1n) is 10.5. The Hall–Kier alpha value is -2.44. The van der Waals surface area contributed by atoms with Crippen molar-refractivity contribution < 1.29 is 4.79 Å². The third-order valence-electron chi connectivity index (χ3n) is 6.31. The Morgan fingerprint density at radius 1 is 1.11 bits per heavy atom. The van der Waals surface area contributed by atoms with Crippen LogP contribution in [0, 0.1) is 17.8 Å². The normalized spacial score (nSPS) is 23.7. The molecule has 28 heavy (non-hydrogen) atoms. The van der Waals surface area contributed by atoms with Crippen LogP contribution in [0.3, 0.4) is 0 Å². The maximum atomic E-state index is 12.8. The molecule has 0 radical (unpaired) electrons. The van der Waals surface area contributed by atoms with Gasteiger partial charge >= 0.3 is 0 Å². The Bertz CT molecular complexity index is 844. The van der Waals surface area contributed by atoms with Crippen LogP contribution >= 0.6 is 0 Å². The minimum Gasteiger partial charge on any atom is -0.342 e. The van der Waals surface area contributed by atoms with Crippen molar-refractivity contribution in [2.24, 2.45) is 17.8 Å². The third-order valence-corrected chi connectivity index (χ3v) is 6.31. The molecule has 2 aromatic heterocycles. The van der Waals surface area contributed by atoms with E-state index in [1.807, 2.05) is 17.2 Å². The molecule has 1 aliphatic carbocycles. The lowest BCUT2D eigenvalue weighted by atomic mass is 9.82. The molecule has 1 saturated carbocycles. The fourth-order valence-corrected chi connectivity index (χ4v) is 4.44. The number of rotatable bonds is 4. The fraction of sp³-hybridized carbons (Fsp3) is 0.619. The van der Waals surface area contributed by atoms with Gasteiger partial charge in [-0.3, -0.25) is 9.59 Å². The second-order valence-electron chi connectivity index (χ2n) is 8.39. The molecule has 2 fully saturated rings. The molecule has 7 heteroatoms. The van der Waals surface area contributed by atoms with Gasteiger partial charge in [-0.05, 0) is 62.5 Å². The summed E-state index contributed by atoms with van der Waals surface area (Å²) in [5.41, 5.74) is -0.0919. The highest BCUT2D eigenvalue weighted by Crippen LogP contribution is 2.30. The molecule has 0 N–H and O–H groups in total. The highest BCUT2D eigenvalue weighted by Gasteiger charge is 2.30. The first kappa shape index (κ1) is 18.9. The maximum Gasteiger partial charge on any atom is 0.266 e. The highest BCUT2D eigenvalue weighted by molar-refractivity contribution is 5.79. The van der Waals surface area contributed by atoms with E-state index < -0.39 is 0 Å². The van der Waals surface area contributed by atoms with Gasteiger partial charge in [0.1, 0.15) is 0 Å². The summed E-state index contributed by atoms with van der Waals surface area (Å²) in [5.74, 6) is 2.35. The van der Waals surface area contributed by atoms with E-state index in [1.54, 1.807) is 27.7 Å². The number of likely N-dealkylation sites (tertiary alicyclic amines) is 1. The highest BCUT2D eigenvalue weighted by atomic mass is 16.2. The molecule has 0 spiro atoms. The second-order valence-corrected chi connectivity index (χ2v) is 8.39. The quantitative estimate of drug-likeness (QED) is 0.813. The van der Waals surface area contributed by atoms with Crippen LogP contribution < -0.4 is 5.56 Å². The molecule has 0 atom stereocenters. The Morgan fingerprint density at radius 2 is 1.86 bits per heavy atom. The summed E-state index contributed by atoms with van der Waals surface area (Å²) < 4.78 is 3.20. The van der Waals surface area contributed by atoms with Gasteiger partial charge in [0, 0.05) is 44.0 Å². The number of aromatic nitrogens is 4. The van der Waals surface area contributed by atoms with Crippen molar-refractivity contribution in [2.45, 2.75) is 52.0 Å². The van der Waals surface area contributed by atoms with Gasteiger partial charge < -0.3 is 4.90 Å². The van der Waals surface area contributed by atoms with E-state index in [0.717, 1.165) is 44.7 Å². The predicted molar refractivity (Wildman–Crippen MR) is 106 cm³/mol. The average molecular weight is 383 g/mol. The molecular formula is C21H29N5O2. The van der Waals surface area contributed by atoms with E-state index >= 15 is 0 Å². The minimum absolute atomic E-state index is 0.0919. The molecule has 7 nitrogen and oxygen atoms in total. The van der Waals surface area contributed by atoms with Crippen molar-refractivity contribution in [1.29, 1.82) is 0 Å². The first-order valence-corrected chi connectivity index (χ1v) is 10.5. The second kappa shape index (κ2) is 8.29. The average Bonchev–Trinajstić information content (AvgIpc) is 3.25. The summed E-state index contributed by atoms with van der Waals surface area (Å²) in [5, 5.41) is 8.64. The molecule has 150 valence electrons. The molecule has 2 aromatic rings. The van der Waals surface area contributed by atoms with Crippen LogP contribution in [0.2, 0.25) is 0 Å². The molecule has 0 bridgehead atoms. The van der Waals surface area contributed by atoms with Crippen LogP contribution in [-0.4, -0.2) is 43.5 Å². The fourth-order valence-electron chi connectivity index (χ4n) is 4.44. The molecule has 1 amide bonds. The van der Waals surface area contributed by atoms with E-state index in [9.17, 15) is 9.59 Å². The smallest absolute Gasteiger partial charge is 0.266 e. The Morgan fingerprint density at radius 3 is 2.54 bits per heavy atom. The number of carbonyl (C=O) groups is 1. The largest absolute Gasteiger partial charge is 0.342 e. The van der Waals surface area contributed by atoms with Crippen LogP contribution in [0.1, 0.15) is 45.4 Å². The van der Waals surface area contributed by atoms with Crippen molar-refractivity contribution in [3.8, 4) is 5.82 Å². The topological polar surface area (TPSA) is 73.0 Å². The lowest BCUT2D eigenvalue weighted by molar-refractivity contribution is -0.138. The standard InChI is InChI=1S/C21H29N5O2/c1-16-3-5-18(6-4-16)21(28)24-13-9-17(10-14-24)15-26-20(27)8-7-19(23-26)25-12-2-11-22-25/h2,7-8,11-12,16-18H,3-6,9-10,13-15H2,1H3. The van der Waals surface area contributed by atoms with Gasteiger partial charge in [-0.25, -0.2) is 9.36 Å². The first-order chi connectivity index (χ1) is 13.6. The van der Waals surface area contributed by atoms with Gasteiger partial charge in [-0.1, -0.05) is 6.92 Å². The van der Waals surface area contributed by atoms with Crippen LogP contribution in [0.15, 0.2) is 35.4 Å². The molecule has 1 saturated heterocycles. The van der Waals surface area contributed by atoms with Crippen LogP contribution in [0.5, 0.6) is 0 Å². The van der Waals surface area contributed by atoms with Crippen molar-refractivity contribution in [3.05, 3.63) is 40.9 Å². The summed E-state index contributed by atoms with van der Waals surface area (Å²) >= 11 is 0. The van der Waals surface area contributed by atoms with Crippen LogP contribution in [0.4, 0.5) is 0 Å². The molecule has 4 rings (SSSR count). The van der Waals surface area contributed by atoms with Gasteiger partial charge in [-0.15, -0.1) is 5.10 Å². The number of carbonyl (C=O) groups excluding carboxylic acids is 1. The lowest BCUT2D eigenvalue weighted by Crippen LogP contribution is -2.43. The Labute approximate surface area is 165 Å². The number of hydrogen-bond donors (Lipinski definition) is 0. The molecule has 0 unspecified atom stereocenters.